The van der Waals surface area contributed by atoms with Gasteiger partial charge in [0.15, 0.2) is 0 Å². The molecular weight excluding hydrogens is 216 g/mol. The van der Waals surface area contributed by atoms with Crippen LogP contribution in [0.1, 0.15) is 30.1 Å². The summed E-state index contributed by atoms with van der Waals surface area (Å²) in [5.74, 6) is 0.0857. The van der Waals surface area contributed by atoms with Crippen LogP contribution in [0.15, 0.2) is 24.3 Å². The van der Waals surface area contributed by atoms with E-state index in [9.17, 15) is 9.59 Å². The Bertz CT molecular complexity index is 426. The molecule has 2 rings (SSSR count). The molecule has 1 aliphatic rings. The van der Waals surface area contributed by atoms with Gasteiger partial charge in [-0.15, -0.1) is 0 Å². The Morgan fingerprint density at radius 2 is 2.06 bits per heavy atom. The first kappa shape index (κ1) is 11.6. The second kappa shape index (κ2) is 4.99. The summed E-state index contributed by atoms with van der Waals surface area (Å²) in [6.07, 6.45) is 1.54. The first-order valence-electron chi connectivity index (χ1n) is 5.91. The predicted octanol–water partition coefficient (Wildman–Crippen LogP) is 1.56. The zero-order valence-corrected chi connectivity index (χ0v) is 9.90. The van der Waals surface area contributed by atoms with E-state index < -0.39 is 0 Å². The molecule has 0 aliphatic carbocycles. The Labute approximate surface area is 101 Å². The number of nitrogens with zero attached hydrogens (tertiary/aromatic N) is 1. The third kappa shape index (κ3) is 2.46. The highest BCUT2D eigenvalue weighted by Crippen LogP contribution is 2.21. The molecule has 2 amide bonds. The smallest absolute Gasteiger partial charge is 0.251 e. The van der Waals surface area contributed by atoms with Gasteiger partial charge in [-0.25, -0.2) is 0 Å². The van der Waals surface area contributed by atoms with Crippen molar-refractivity contribution in [1.29, 1.82) is 0 Å². The number of anilines is 1. The predicted molar refractivity (Wildman–Crippen MR) is 66.0 cm³/mol. The Balaban J connectivity index is 2.12. The summed E-state index contributed by atoms with van der Waals surface area (Å²) in [6.45, 7) is 3.28. The van der Waals surface area contributed by atoms with Gasteiger partial charge in [0.25, 0.3) is 5.91 Å². The fourth-order valence-corrected chi connectivity index (χ4v) is 1.98. The summed E-state index contributed by atoms with van der Waals surface area (Å²) in [6, 6.07) is 7.17. The van der Waals surface area contributed by atoms with E-state index in [1.807, 2.05) is 19.1 Å². The van der Waals surface area contributed by atoms with Crippen molar-refractivity contribution in [2.75, 3.05) is 18.0 Å². The summed E-state index contributed by atoms with van der Waals surface area (Å²) in [7, 11) is 0. The van der Waals surface area contributed by atoms with E-state index in [2.05, 4.69) is 5.32 Å². The number of hydrogen-bond acceptors (Lipinski definition) is 2. The zero-order chi connectivity index (χ0) is 12.3. The highest BCUT2D eigenvalue weighted by molar-refractivity contribution is 5.97. The van der Waals surface area contributed by atoms with Crippen LogP contribution >= 0.6 is 0 Å². The molecule has 0 spiro atoms. The SMILES string of the molecule is CCNC(=O)c1ccc(N2CCCC2=O)cc1. The van der Waals surface area contributed by atoms with Gasteiger partial charge in [0.2, 0.25) is 5.91 Å². The van der Waals surface area contributed by atoms with Gasteiger partial charge in [-0.2, -0.15) is 0 Å². The Kier molecular flexibility index (Phi) is 3.42. The van der Waals surface area contributed by atoms with Gasteiger partial charge in [-0.05, 0) is 37.6 Å². The van der Waals surface area contributed by atoms with Gasteiger partial charge in [0.1, 0.15) is 0 Å². The molecular formula is C13H16N2O2. The molecule has 1 saturated heterocycles. The second-order valence-corrected chi connectivity index (χ2v) is 4.06. The van der Waals surface area contributed by atoms with E-state index in [4.69, 9.17) is 0 Å². The molecule has 1 fully saturated rings. The van der Waals surface area contributed by atoms with Crippen LogP contribution in [-0.2, 0) is 4.79 Å². The maximum absolute atomic E-state index is 11.5. The van der Waals surface area contributed by atoms with Gasteiger partial charge in [-0.1, -0.05) is 0 Å². The van der Waals surface area contributed by atoms with Crippen molar-refractivity contribution in [2.24, 2.45) is 0 Å². The average Bonchev–Trinajstić information content (AvgIpc) is 2.76. The normalized spacial score (nSPS) is 15.1. The minimum atomic E-state index is -0.0770. The van der Waals surface area contributed by atoms with Crippen molar-refractivity contribution in [3.05, 3.63) is 29.8 Å². The van der Waals surface area contributed by atoms with Crippen molar-refractivity contribution < 1.29 is 9.59 Å². The van der Waals surface area contributed by atoms with E-state index in [0.717, 1.165) is 18.7 Å². The lowest BCUT2D eigenvalue weighted by molar-refractivity contribution is -0.117. The van der Waals surface area contributed by atoms with E-state index in [-0.39, 0.29) is 11.8 Å². The summed E-state index contributed by atoms with van der Waals surface area (Å²) in [4.78, 5) is 24.9. The molecule has 1 N–H and O–H groups in total. The molecule has 0 saturated carbocycles. The van der Waals surface area contributed by atoms with E-state index in [0.29, 0.717) is 18.5 Å². The van der Waals surface area contributed by atoms with Crippen LogP contribution in [0.2, 0.25) is 0 Å². The highest BCUT2D eigenvalue weighted by Gasteiger charge is 2.21. The molecule has 90 valence electrons. The Morgan fingerprint density at radius 1 is 1.35 bits per heavy atom. The number of amides is 2. The molecule has 1 heterocycles. The quantitative estimate of drug-likeness (QED) is 0.859. The number of carbonyl (C=O) groups is 2. The molecule has 0 aromatic heterocycles. The Morgan fingerprint density at radius 3 is 2.59 bits per heavy atom. The lowest BCUT2D eigenvalue weighted by atomic mass is 10.2. The minimum absolute atomic E-state index is 0.0770. The zero-order valence-electron chi connectivity index (χ0n) is 9.90. The molecule has 17 heavy (non-hydrogen) atoms. The number of benzene rings is 1. The van der Waals surface area contributed by atoms with Gasteiger partial charge < -0.3 is 10.2 Å². The van der Waals surface area contributed by atoms with Crippen molar-refractivity contribution >= 4 is 17.5 Å². The third-order valence-electron chi connectivity index (χ3n) is 2.85. The van der Waals surface area contributed by atoms with Crippen LogP contribution < -0.4 is 10.2 Å². The largest absolute Gasteiger partial charge is 0.352 e. The maximum Gasteiger partial charge on any atom is 0.251 e. The van der Waals surface area contributed by atoms with Crippen LogP contribution in [0.5, 0.6) is 0 Å². The van der Waals surface area contributed by atoms with E-state index in [1.165, 1.54) is 0 Å². The fourth-order valence-electron chi connectivity index (χ4n) is 1.98. The molecule has 0 unspecified atom stereocenters. The standard InChI is InChI=1S/C13H16N2O2/c1-2-14-13(17)10-5-7-11(8-6-10)15-9-3-4-12(15)16/h5-8H,2-4,9H2,1H3,(H,14,17). The molecule has 1 aromatic rings. The summed E-state index contributed by atoms with van der Waals surface area (Å²) in [5.41, 5.74) is 1.50. The van der Waals surface area contributed by atoms with Crippen LogP contribution in [0.4, 0.5) is 5.69 Å². The van der Waals surface area contributed by atoms with Crippen molar-refractivity contribution in [2.45, 2.75) is 19.8 Å². The van der Waals surface area contributed by atoms with E-state index in [1.54, 1.807) is 17.0 Å². The third-order valence-corrected chi connectivity index (χ3v) is 2.85. The van der Waals surface area contributed by atoms with Crippen LogP contribution in [0.25, 0.3) is 0 Å². The summed E-state index contributed by atoms with van der Waals surface area (Å²) in [5, 5.41) is 2.74. The van der Waals surface area contributed by atoms with Crippen LogP contribution in [0, 0.1) is 0 Å². The van der Waals surface area contributed by atoms with Crippen molar-refractivity contribution in [1.82, 2.24) is 5.32 Å². The molecule has 1 aromatic carbocycles. The topological polar surface area (TPSA) is 49.4 Å². The van der Waals surface area contributed by atoms with Gasteiger partial charge in [0, 0.05) is 30.8 Å². The van der Waals surface area contributed by atoms with Crippen molar-refractivity contribution in [3.63, 3.8) is 0 Å². The van der Waals surface area contributed by atoms with Gasteiger partial charge in [0.05, 0.1) is 0 Å². The van der Waals surface area contributed by atoms with Gasteiger partial charge >= 0.3 is 0 Å². The van der Waals surface area contributed by atoms with Crippen molar-refractivity contribution in [3.8, 4) is 0 Å². The second-order valence-electron chi connectivity index (χ2n) is 4.06. The maximum atomic E-state index is 11.5. The molecule has 0 atom stereocenters. The average molecular weight is 232 g/mol. The lowest BCUT2D eigenvalue weighted by Crippen LogP contribution is -2.24. The molecule has 4 heteroatoms. The molecule has 0 bridgehead atoms. The monoisotopic (exact) mass is 232 g/mol. The highest BCUT2D eigenvalue weighted by atomic mass is 16.2. The first-order valence-corrected chi connectivity index (χ1v) is 5.91. The number of hydrogen-bond donors (Lipinski definition) is 1. The number of nitrogens with one attached hydrogen (secondary N) is 1. The first-order chi connectivity index (χ1) is 8.22. The Hall–Kier alpha value is -1.84. The van der Waals surface area contributed by atoms with E-state index >= 15 is 0 Å². The van der Waals surface area contributed by atoms with Gasteiger partial charge in [-0.3, -0.25) is 9.59 Å². The number of rotatable bonds is 3. The molecule has 1 aliphatic heterocycles. The molecule has 4 nitrogen and oxygen atoms in total. The lowest BCUT2D eigenvalue weighted by Gasteiger charge is -2.15. The fraction of sp³-hybridized carbons (Fsp3) is 0.385. The summed E-state index contributed by atoms with van der Waals surface area (Å²) < 4.78 is 0. The number of carbonyl (C=O) groups excluding carboxylic acids is 2. The molecule has 0 radical (unpaired) electrons. The minimum Gasteiger partial charge on any atom is -0.352 e. The summed E-state index contributed by atoms with van der Waals surface area (Å²) >= 11 is 0. The van der Waals surface area contributed by atoms with Crippen LogP contribution in [-0.4, -0.2) is 24.9 Å². The van der Waals surface area contributed by atoms with Crippen LogP contribution in [0.3, 0.4) is 0 Å².